The minimum atomic E-state index is -4.48. The van der Waals surface area contributed by atoms with Crippen LogP contribution >= 0.6 is 11.6 Å². The van der Waals surface area contributed by atoms with E-state index in [4.69, 9.17) is 17.3 Å². The van der Waals surface area contributed by atoms with E-state index in [0.29, 0.717) is 10.6 Å². The van der Waals surface area contributed by atoms with Gasteiger partial charge in [0.25, 0.3) is 0 Å². The zero-order valence-electron chi connectivity index (χ0n) is 15.2. The molecule has 0 aliphatic heterocycles. The van der Waals surface area contributed by atoms with Gasteiger partial charge >= 0.3 is 6.18 Å². The summed E-state index contributed by atoms with van der Waals surface area (Å²) >= 11 is 6.41. The SMILES string of the molecule is NC(=O)C(Nc1cccc(C(F)(F)F)c1)(c1ccccc1Cl)C1CCCCC1. The molecular weight excluding hydrogens is 389 g/mol. The van der Waals surface area contributed by atoms with Gasteiger partial charge in [0.05, 0.1) is 5.56 Å². The molecule has 3 N–H and O–H groups in total. The third-order valence-electron chi connectivity index (χ3n) is 5.44. The Balaban J connectivity index is 2.13. The van der Waals surface area contributed by atoms with Gasteiger partial charge in [-0.3, -0.25) is 4.79 Å². The lowest BCUT2D eigenvalue weighted by molar-refractivity contribution is -0.137. The summed E-state index contributed by atoms with van der Waals surface area (Å²) in [4.78, 5) is 12.8. The van der Waals surface area contributed by atoms with Crippen LogP contribution in [0.1, 0.15) is 43.2 Å². The highest BCUT2D eigenvalue weighted by atomic mass is 35.5. The fraction of sp³-hybridized carbons (Fsp3) is 0.381. The van der Waals surface area contributed by atoms with Gasteiger partial charge in [-0.25, -0.2) is 0 Å². The van der Waals surface area contributed by atoms with Crippen LogP contribution in [0, 0.1) is 5.92 Å². The van der Waals surface area contributed by atoms with Crippen molar-refractivity contribution in [3.63, 3.8) is 0 Å². The van der Waals surface area contributed by atoms with Crippen molar-refractivity contribution in [3.05, 3.63) is 64.7 Å². The number of hydrogen-bond donors (Lipinski definition) is 2. The Kier molecular flexibility index (Phi) is 5.89. The molecule has 1 saturated carbocycles. The van der Waals surface area contributed by atoms with E-state index in [0.717, 1.165) is 44.2 Å². The third-order valence-corrected chi connectivity index (χ3v) is 5.77. The predicted octanol–water partition coefficient (Wildman–Crippen LogP) is 5.73. The molecule has 0 heterocycles. The number of carbonyl (C=O) groups is 1. The van der Waals surface area contributed by atoms with Crippen molar-refractivity contribution in [2.75, 3.05) is 5.32 Å². The van der Waals surface area contributed by atoms with Crippen LogP contribution in [0.5, 0.6) is 0 Å². The molecule has 7 heteroatoms. The molecule has 0 spiro atoms. The smallest absolute Gasteiger partial charge is 0.367 e. The average Bonchev–Trinajstić information content (AvgIpc) is 2.67. The van der Waals surface area contributed by atoms with Gasteiger partial charge in [-0.05, 0) is 43.0 Å². The Labute approximate surface area is 167 Å². The van der Waals surface area contributed by atoms with E-state index in [1.807, 2.05) is 0 Å². The first-order valence-electron chi connectivity index (χ1n) is 9.25. The molecule has 28 heavy (non-hydrogen) atoms. The second kappa shape index (κ2) is 8.03. The topological polar surface area (TPSA) is 55.1 Å². The minimum Gasteiger partial charge on any atom is -0.367 e. The van der Waals surface area contributed by atoms with Crippen LogP contribution in [0.25, 0.3) is 0 Å². The molecule has 0 radical (unpaired) electrons. The van der Waals surface area contributed by atoms with Gasteiger partial charge in [0.15, 0.2) is 0 Å². The van der Waals surface area contributed by atoms with Crippen LogP contribution in [-0.4, -0.2) is 5.91 Å². The summed E-state index contributed by atoms with van der Waals surface area (Å²) in [6, 6.07) is 11.7. The van der Waals surface area contributed by atoms with Crippen LogP contribution in [0.2, 0.25) is 5.02 Å². The fourth-order valence-electron chi connectivity index (χ4n) is 4.10. The highest BCUT2D eigenvalue weighted by Crippen LogP contribution is 2.44. The number of halogens is 4. The second-order valence-corrected chi connectivity index (χ2v) is 7.60. The fourth-order valence-corrected chi connectivity index (χ4v) is 4.39. The molecule has 3 nitrogen and oxygen atoms in total. The lowest BCUT2D eigenvalue weighted by Gasteiger charge is -2.42. The maximum absolute atomic E-state index is 13.2. The van der Waals surface area contributed by atoms with Crippen molar-refractivity contribution in [1.82, 2.24) is 0 Å². The van der Waals surface area contributed by atoms with Gasteiger partial charge in [-0.1, -0.05) is 55.1 Å². The molecule has 1 atom stereocenters. The first-order valence-corrected chi connectivity index (χ1v) is 9.63. The molecule has 1 amide bonds. The molecule has 1 fully saturated rings. The standard InChI is InChI=1S/C21H22ClF3N2O/c22-18-12-5-4-11-17(18)20(19(26)28,14-7-2-1-3-8-14)27-16-10-6-9-15(13-16)21(23,24)25/h4-6,9-14,27H,1-3,7-8H2,(H2,26,28). The van der Waals surface area contributed by atoms with Crippen LogP contribution in [0.4, 0.5) is 18.9 Å². The molecule has 2 aromatic carbocycles. The third kappa shape index (κ3) is 3.97. The molecule has 3 rings (SSSR count). The van der Waals surface area contributed by atoms with E-state index in [1.54, 1.807) is 24.3 Å². The first-order chi connectivity index (χ1) is 13.2. The second-order valence-electron chi connectivity index (χ2n) is 7.19. The first kappa shape index (κ1) is 20.5. The van der Waals surface area contributed by atoms with Crippen molar-refractivity contribution in [1.29, 1.82) is 0 Å². The Bertz CT molecular complexity index is 850. The van der Waals surface area contributed by atoms with Crippen molar-refractivity contribution >= 4 is 23.2 Å². The molecule has 0 saturated heterocycles. The summed E-state index contributed by atoms with van der Waals surface area (Å²) < 4.78 is 39.5. The van der Waals surface area contributed by atoms with Crippen LogP contribution in [0.3, 0.4) is 0 Å². The summed E-state index contributed by atoms with van der Waals surface area (Å²) in [5.74, 6) is -0.821. The molecule has 1 aliphatic rings. The largest absolute Gasteiger partial charge is 0.416 e. The van der Waals surface area contributed by atoms with E-state index in [1.165, 1.54) is 12.1 Å². The highest BCUT2D eigenvalue weighted by Gasteiger charge is 2.47. The Morgan fingerprint density at radius 2 is 1.71 bits per heavy atom. The summed E-state index contributed by atoms with van der Waals surface area (Å²) in [7, 11) is 0. The quantitative estimate of drug-likeness (QED) is 0.661. The monoisotopic (exact) mass is 410 g/mol. The zero-order valence-corrected chi connectivity index (χ0v) is 16.0. The number of alkyl halides is 3. The molecule has 1 unspecified atom stereocenters. The van der Waals surface area contributed by atoms with Crippen molar-refractivity contribution in [3.8, 4) is 0 Å². The molecular formula is C21H22ClF3N2O. The van der Waals surface area contributed by atoms with Crippen LogP contribution in [0.15, 0.2) is 48.5 Å². The molecule has 0 bridgehead atoms. The number of amides is 1. The van der Waals surface area contributed by atoms with Crippen molar-refractivity contribution < 1.29 is 18.0 Å². The Hall–Kier alpha value is -2.21. The summed E-state index contributed by atoms with van der Waals surface area (Å²) in [6.07, 6.45) is -0.108. The van der Waals surface area contributed by atoms with Gasteiger partial charge in [0, 0.05) is 16.3 Å². The summed E-state index contributed by atoms with van der Waals surface area (Å²) in [5.41, 5.74) is 4.39. The van der Waals surface area contributed by atoms with Gasteiger partial charge in [-0.2, -0.15) is 13.2 Å². The average molecular weight is 411 g/mol. The molecule has 0 aromatic heterocycles. The number of anilines is 1. The number of primary amides is 1. The minimum absolute atomic E-state index is 0.173. The summed E-state index contributed by atoms with van der Waals surface area (Å²) in [6.45, 7) is 0. The van der Waals surface area contributed by atoms with E-state index in [9.17, 15) is 18.0 Å². The zero-order chi connectivity index (χ0) is 20.4. The Morgan fingerprint density at radius 3 is 2.32 bits per heavy atom. The Morgan fingerprint density at radius 1 is 1.04 bits per heavy atom. The van der Waals surface area contributed by atoms with E-state index < -0.39 is 23.2 Å². The van der Waals surface area contributed by atoms with Crippen molar-refractivity contribution in [2.24, 2.45) is 11.7 Å². The lowest BCUT2D eigenvalue weighted by Crippen LogP contribution is -2.54. The van der Waals surface area contributed by atoms with E-state index in [-0.39, 0.29) is 11.6 Å². The molecule has 2 aromatic rings. The maximum Gasteiger partial charge on any atom is 0.416 e. The molecule has 150 valence electrons. The van der Waals surface area contributed by atoms with E-state index >= 15 is 0 Å². The number of nitrogens with two attached hydrogens (primary N) is 1. The number of benzene rings is 2. The van der Waals surface area contributed by atoms with Crippen LogP contribution in [-0.2, 0) is 16.5 Å². The number of hydrogen-bond acceptors (Lipinski definition) is 2. The maximum atomic E-state index is 13.2. The summed E-state index contributed by atoms with van der Waals surface area (Å²) in [5, 5.41) is 3.43. The van der Waals surface area contributed by atoms with Gasteiger partial charge in [-0.15, -0.1) is 0 Å². The number of rotatable bonds is 5. The van der Waals surface area contributed by atoms with Crippen molar-refractivity contribution in [2.45, 2.75) is 43.8 Å². The number of nitrogens with one attached hydrogen (secondary N) is 1. The molecule has 1 aliphatic carbocycles. The van der Waals surface area contributed by atoms with Gasteiger partial charge < -0.3 is 11.1 Å². The highest BCUT2D eigenvalue weighted by molar-refractivity contribution is 6.31. The predicted molar refractivity (Wildman–Crippen MR) is 104 cm³/mol. The van der Waals surface area contributed by atoms with Gasteiger partial charge in [0.1, 0.15) is 5.54 Å². The normalized spacial score (nSPS) is 17.7. The van der Waals surface area contributed by atoms with Crippen LogP contribution < -0.4 is 11.1 Å². The van der Waals surface area contributed by atoms with Gasteiger partial charge in [0.2, 0.25) is 5.91 Å². The lowest BCUT2D eigenvalue weighted by atomic mass is 9.70. The van der Waals surface area contributed by atoms with E-state index in [2.05, 4.69) is 5.32 Å². The number of carbonyl (C=O) groups excluding carboxylic acids is 1.